The summed E-state index contributed by atoms with van der Waals surface area (Å²) >= 11 is 0. The normalized spacial score (nSPS) is 13.7. The Hall–Kier alpha value is -1.34. The van der Waals surface area contributed by atoms with Crippen molar-refractivity contribution in [1.82, 2.24) is 5.32 Å². The molecular formula is C15H29NO6. The van der Waals surface area contributed by atoms with E-state index in [1.54, 1.807) is 41.5 Å². The standard InChI is InChI=1S/C15H29NO6/c1-14(2,3)21-12(17)10(9-11(19-7)20-8)16-13(18)22-15(4,5)6/h10-11H,9H2,1-8H3,(H,16,18)/t10-/m0/s1. The molecule has 7 heteroatoms. The van der Waals surface area contributed by atoms with Crippen LogP contribution in [0.3, 0.4) is 0 Å². The maximum absolute atomic E-state index is 12.2. The van der Waals surface area contributed by atoms with E-state index >= 15 is 0 Å². The van der Waals surface area contributed by atoms with E-state index in [1.807, 2.05) is 0 Å². The molecule has 0 rings (SSSR count). The first-order valence-electron chi connectivity index (χ1n) is 7.16. The number of carbonyl (C=O) groups excluding carboxylic acids is 2. The molecule has 7 nitrogen and oxygen atoms in total. The van der Waals surface area contributed by atoms with Crippen molar-refractivity contribution >= 4 is 12.1 Å². The maximum Gasteiger partial charge on any atom is 0.408 e. The van der Waals surface area contributed by atoms with Crippen LogP contribution in [0.2, 0.25) is 0 Å². The van der Waals surface area contributed by atoms with Crippen molar-refractivity contribution in [3.63, 3.8) is 0 Å². The molecule has 1 amide bonds. The predicted molar refractivity (Wildman–Crippen MR) is 81.4 cm³/mol. The zero-order valence-corrected chi connectivity index (χ0v) is 14.8. The molecule has 0 aromatic rings. The molecule has 0 heterocycles. The summed E-state index contributed by atoms with van der Waals surface area (Å²) in [5.41, 5.74) is -1.33. The van der Waals surface area contributed by atoms with Crippen LogP contribution in [-0.4, -0.2) is 49.8 Å². The Morgan fingerprint density at radius 1 is 0.909 bits per heavy atom. The number of ether oxygens (including phenoxy) is 4. The molecule has 0 aliphatic rings. The number of nitrogens with one attached hydrogen (secondary N) is 1. The molecule has 0 radical (unpaired) electrons. The van der Waals surface area contributed by atoms with Crippen molar-refractivity contribution in [3.8, 4) is 0 Å². The van der Waals surface area contributed by atoms with E-state index in [0.29, 0.717) is 0 Å². The number of methoxy groups -OCH3 is 2. The Labute approximate surface area is 132 Å². The van der Waals surface area contributed by atoms with Crippen LogP contribution in [0.15, 0.2) is 0 Å². The third kappa shape index (κ3) is 9.57. The molecule has 1 N–H and O–H groups in total. The van der Waals surface area contributed by atoms with E-state index in [9.17, 15) is 9.59 Å². The summed E-state index contributed by atoms with van der Waals surface area (Å²) in [5.74, 6) is -0.572. The van der Waals surface area contributed by atoms with Gasteiger partial charge in [0, 0.05) is 20.6 Å². The van der Waals surface area contributed by atoms with Crippen LogP contribution >= 0.6 is 0 Å². The summed E-state index contributed by atoms with van der Waals surface area (Å²) in [5, 5.41) is 2.50. The van der Waals surface area contributed by atoms with Crippen LogP contribution < -0.4 is 5.32 Å². The van der Waals surface area contributed by atoms with Gasteiger partial charge in [-0.15, -0.1) is 0 Å². The third-order valence-corrected chi connectivity index (χ3v) is 2.34. The Kier molecular flexibility index (Phi) is 7.83. The van der Waals surface area contributed by atoms with E-state index in [1.165, 1.54) is 14.2 Å². The minimum absolute atomic E-state index is 0.112. The van der Waals surface area contributed by atoms with Gasteiger partial charge in [-0.3, -0.25) is 0 Å². The van der Waals surface area contributed by atoms with Gasteiger partial charge in [0.1, 0.15) is 17.2 Å². The Morgan fingerprint density at radius 3 is 1.73 bits per heavy atom. The molecule has 0 fully saturated rings. The van der Waals surface area contributed by atoms with Crippen LogP contribution in [-0.2, 0) is 23.7 Å². The molecule has 0 aliphatic carbocycles. The molecule has 0 aromatic carbocycles. The van der Waals surface area contributed by atoms with Gasteiger partial charge in [0.25, 0.3) is 0 Å². The number of carbonyl (C=O) groups is 2. The molecule has 0 spiro atoms. The summed E-state index contributed by atoms with van der Waals surface area (Å²) in [7, 11) is 2.90. The van der Waals surface area contributed by atoms with E-state index in [4.69, 9.17) is 18.9 Å². The fourth-order valence-electron chi connectivity index (χ4n) is 1.52. The number of hydrogen-bond donors (Lipinski definition) is 1. The SMILES string of the molecule is COC(C[C@H](NC(=O)OC(C)(C)C)C(=O)OC(C)(C)C)OC. The first kappa shape index (κ1) is 20.7. The van der Waals surface area contributed by atoms with E-state index in [0.717, 1.165) is 0 Å². The molecule has 0 unspecified atom stereocenters. The van der Waals surface area contributed by atoms with Gasteiger partial charge in [-0.05, 0) is 41.5 Å². The summed E-state index contributed by atoms with van der Waals surface area (Å²) in [4.78, 5) is 24.1. The van der Waals surface area contributed by atoms with Gasteiger partial charge in [-0.1, -0.05) is 0 Å². The lowest BCUT2D eigenvalue weighted by molar-refractivity contribution is -0.163. The molecule has 0 bridgehead atoms. The molecule has 0 aromatic heterocycles. The summed E-state index contributed by atoms with van der Waals surface area (Å²) in [6.07, 6.45) is -1.23. The van der Waals surface area contributed by atoms with Gasteiger partial charge >= 0.3 is 12.1 Å². The van der Waals surface area contributed by atoms with Gasteiger partial charge in [0.15, 0.2) is 6.29 Å². The quantitative estimate of drug-likeness (QED) is 0.597. The smallest absolute Gasteiger partial charge is 0.408 e. The second kappa shape index (κ2) is 8.33. The van der Waals surface area contributed by atoms with Crippen molar-refractivity contribution in [3.05, 3.63) is 0 Å². The lowest BCUT2D eigenvalue weighted by Gasteiger charge is -2.27. The van der Waals surface area contributed by atoms with Crippen LogP contribution in [0.4, 0.5) is 4.79 Å². The van der Waals surface area contributed by atoms with E-state index in [-0.39, 0.29) is 6.42 Å². The fraction of sp³-hybridized carbons (Fsp3) is 0.867. The van der Waals surface area contributed by atoms with Crippen LogP contribution in [0, 0.1) is 0 Å². The second-order valence-corrected chi connectivity index (χ2v) is 6.87. The number of alkyl carbamates (subject to hydrolysis) is 1. The molecule has 130 valence electrons. The van der Waals surface area contributed by atoms with Gasteiger partial charge in [0.2, 0.25) is 0 Å². The van der Waals surface area contributed by atoms with Crippen molar-refractivity contribution in [1.29, 1.82) is 0 Å². The lowest BCUT2D eigenvalue weighted by Crippen LogP contribution is -2.47. The number of rotatable bonds is 6. The minimum Gasteiger partial charge on any atom is -0.458 e. The van der Waals surface area contributed by atoms with E-state index < -0.39 is 35.6 Å². The summed E-state index contributed by atoms with van der Waals surface area (Å²) in [6, 6.07) is -0.932. The number of hydrogen-bond acceptors (Lipinski definition) is 6. The Morgan fingerprint density at radius 2 is 1.36 bits per heavy atom. The van der Waals surface area contributed by atoms with E-state index in [2.05, 4.69) is 5.32 Å². The van der Waals surface area contributed by atoms with Crippen molar-refractivity contribution in [2.24, 2.45) is 0 Å². The first-order chi connectivity index (χ1) is 9.88. The molecule has 0 saturated carbocycles. The Balaban J connectivity index is 4.93. The molecular weight excluding hydrogens is 290 g/mol. The van der Waals surface area contributed by atoms with Gasteiger partial charge in [0.05, 0.1) is 0 Å². The zero-order valence-electron chi connectivity index (χ0n) is 14.8. The number of esters is 1. The van der Waals surface area contributed by atoms with Crippen molar-refractivity contribution in [2.75, 3.05) is 14.2 Å². The average molecular weight is 319 g/mol. The van der Waals surface area contributed by atoms with Crippen molar-refractivity contribution in [2.45, 2.75) is 71.5 Å². The molecule has 0 saturated heterocycles. The van der Waals surface area contributed by atoms with Gasteiger partial charge < -0.3 is 24.3 Å². The highest BCUT2D eigenvalue weighted by atomic mass is 16.7. The second-order valence-electron chi connectivity index (χ2n) is 6.87. The third-order valence-electron chi connectivity index (χ3n) is 2.34. The summed E-state index contributed by atoms with van der Waals surface area (Å²) in [6.45, 7) is 10.5. The monoisotopic (exact) mass is 319 g/mol. The first-order valence-corrected chi connectivity index (χ1v) is 7.16. The van der Waals surface area contributed by atoms with Crippen LogP contribution in [0.1, 0.15) is 48.0 Å². The lowest BCUT2D eigenvalue weighted by atomic mass is 10.1. The number of amides is 1. The molecule has 1 atom stereocenters. The topological polar surface area (TPSA) is 83.1 Å². The van der Waals surface area contributed by atoms with Crippen molar-refractivity contribution < 1.29 is 28.5 Å². The fourth-order valence-corrected chi connectivity index (χ4v) is 1.52. The van der Waals surface area contributed by atoms with Crippen LogP contribution in [0.25, 0.3) is 0 Å². The zero-order chi connectivity index (χ0) is 17.6. The maximum atomic E-state index is 12.2. The predicted octanol–water partition coefficient (Wildman–Crippen LogP) is 2.23. The Bertz CT molecular complexity index is 365. The van der Waals surface area contributed by atoms with Gasteiger partial charge in [-0.2, -0.15) is 0 Å². The average Bonchev–Trinajstić information content (AvgIpc) is 2.29. The highest BCUT2D eigenvalue weighted by Crippen LogP contribution is 2.13. The van der Waals surface area contributed by atoms with Crippen LogP contribution in [0.5, 0.6) is 0 Å². The highest BCUT2D eigenvalue weighted by Gasteiger charge is 2.31. The molecule has 0 aliphatic heterocycles. The largest absolute Gasteiger partial charge is 0.458 e. The minimum atomic E-state index is -0.932. The summed E-state index contributed by atoms with van der Waals surface area (Å²) < 4.78 is 20.6. The van der Waals surface area contributed by atoms with Gasteiger partial charge in [-0.25, -0.2) is 9.59 Å². The molecule has 22 heavy (non-hydrogen) atoms. The highest BCUT2D eigenvalue weighted by molar-refractivity contribution is 5.81.